The fourth-order valence-corrected chi connectivity index (χ4v) is 1.55. The summed E-state index contributed by atoms with van der Waals surface area (Å²) in [4.78, 5) is 10.7. The Bertz CT molecular complexity index is 673. The van der Waals surface area contributed by atoms with E-state index in [0.29, 0.717) is 0 Å². The molecular weight excluding hydrogens is 293 g/mol. The number of urea groups is 1. The van der Waals surface area contributed by atoms with Crippen LogP contribution >= 0.6 is 0 Å². The first-order valence-electron chi connectivity index (χ1n) is 6.27. The molecule has 1 aromatic heterocycles. The molecule has 2 rings (SSSR count). The van der Waals surface area contributed by atoms with E-state index in [1.54, 1.807) is 6.08 Å². The summed E-state index contributed by atoms with van der Waals surface area (Å²) < 4.78 is 24.3. The molecule has 0 saturated heterocycles. The van der Waals surface area contributed by atoms with Gasteiger partial charge in [-0.2, -0.15) is 9.45 Å². The van der Waals surface area contributed by atoms with Crippen molar-refractivity contribution in [2.45, 2.75) is 18.9 Å². The predicted octanol–water partition coefficient (Wildman–Crippen LogP) is 1.46. The summed E-state index contributed by atoms with van der Waals surface area (Å²) in [7, 11) is 0. The Hall–Kier alpha value is -2.92. The highest BCUT2D eigenvalue weighted by atomic mass is 19.2. The van der Waals surface area contributed by atoms with Gasteiger partial charge in [-0.3, -0.25) is 5.21 Å². The lowest BCUT2D eigenvalue weighted by atomic mass is 10.3. The fraction of sp³-hybridized carbons (Fsp3) is 0.214. The van der Waals surface area contributed by atoms with Crippen LogP contribution in [0.3, 0.4) is 0 Å². The Morgan fingerprint density at radius 2 is 2.41 bits per heavy atom. The van der Waals surface area contributed by atoms with E-state index in [9.17, 15) is 14.4 Å². The molecule has 1 aliphatic heterocycles. The number of dihydropyridines is 1. The van der Waals surface area contributed by atoms with Crippen molar-refractivity contribution >= 4 is 6.03 Å². The highest BCUT2D eigenvalue weighted by Crippen LogP contribution is 2.23. The van der Waals surface area contributed by atoms with Gasteiger partial charge in [0.15, 0.2) is 11.5 Å². The number of ether oxygens (including phenoxy) is 1. The van der Waals surface area contributed by atoms with Crippen molar-refractivity contribution in [3.05, 3.63) is 42.5 Å². The summed E-state index contributed by atoms with van der Waals surface area (Å²) in [5.41, 5.74) is 4.89. The highest BCUT2D eigenvalue weighted by molar-refractivity contribution is 5.71. The predicted molar refractivity (Wildman–Crippen MR) is 74.1 cm³/mol. The molecule has 8 heteroatoms. The maximum atomic E-state index is 14.1. The van der Waals surface area contributed by atoms with Crippen molar-refractivity contribution in [1.29, 1.82) is 0 Å². The quantitative estimate of drug-likeness (QED) is 0.340. The maximum absolute atomic E-state index is 14.1. The van der Waals surface area contributed by atoms with Crippen LogP contribution in [0.4, 0.5) is 9.18 Å². The van der Waals surface area contributed by atoms with Crippen LogP contribution in [-0.2, 0) is 0 Å². The van der Waals surface area contributed by atoms with Crippen LogP contribution in [0.2, 0.25) is 0 Å². The van der Waals surface area contributed by atoms with E-state index >= 15 is 0 Å². The van der Waals surface area contributed by atoms with E-state index in [1.807, 2.05) is 0 Å². The number of nitrogens with one attached hydrogen (secondary N) is 1. The third kappa shape index (κ3) is 3.80. The second-order valence-electron chi connectivity index (χ2n) is 4.38. The highest BCUT2D eigenvalue weighted by Gasteiger charge is 2.28. The standard InChI is InChI=1S/C14H14FN3O4/c1-10(18(20)13(16)19)4-5-11-8-12(9-21-11)22-14(15)6-2-3-7-17-14/h2-3,6-10,17,20H,1H3,(H2,16,19). The molecule has 1 aliphatic rings. The lowest BCUT2D eigenvalue weighted by Crippen LogP contribution is -2.42. The number of halogens is 1. The average Bonchev–Trinajstić information content (AvgIpc) is 2.91. The van der Waals surface area contributed by atoms with Crippen molar-refractivity contribution < 1.29 is 23.5 Å². The number of hydrogen-bond acceptors (Lipinski definition) is 5. The van der Waals surface area contributed by atoms with Crippen LogP contribution < -0.4 is 15.8 Å². The summed E-state index contributed by atoms with van der Waals surface area (Å²) in [6.07, 6.45) is 6.91. The molecular formula is C14H14FN3O4. The number of allylic oxidation sites excluding steroid dienone is 2. The van der Waals surface area contributed by atoms with Gasteiger partial charge >= 0.3 is 12.0 Å². The fourth-order valence-electron chi connectivity index (χ4n) is 1.55. The molecule has 1 aromatic rings. The first kappa shape index (κ1) is 15.5. The molecule has 2 heterocycles. The molecule has 0 spiro atoms. The van der Waals surface area contributed by atoms with Crippen LogP contribution in [0, 0.1) is 11.8 Å². The summed E-state index contributed by atoms with van der Waals surface area (Å²) in [6, 6.07) is -0.471. The minimum Gasteiger partial charge on any atom is -0.452 e. The van der Waals surface area contributed by atoms with Gasteiger partial charge in [-0.25, -0.2) is 4.79 Å². The van der Waals surface area contributed by atoms with Gasteiger partial charge < -0.3 is 20.2 Å². The monoisotopic (exact) mass is 307 g/mol. The van der Waals surface area contributed by atoms with E-state index in [0.717, 1.165) is 0 Å². The zero-order valence-corrected chi connectivity index (χ0v) is 11.6. The molecule has 7 nitrogen and oxygen atoms in total. The maximum Gasteiger partial charge on any atom is 0.350 e. The van der Waals surface area contributed by atoms with Crippen molar-refractivity contribution in [3.8, 4) is 17.6 Å². The molecule has 4 N–H and O–H groups in total. The Labute approximate surface area is 125 Å². The third-order valence-corrected chi connectivity index (χ3v) is 2.64. The molecule has 0 fully saturated rings. The molecule has 116 valence electrons. The number of nitrogens with zero attached hydrogens (tertiary/aromatic N) is 1. The van der Waals surface area contributed by atoms with Gasteiger partial charge in [0.1, 0.15) is 12.3 Å². The summed E-state index contributed by atoms with van der Waals surface area (Å²) in [5.74, 6) is 3.26. The smallest absolute Gasteiger partial charge is 0.350 e. The molecule has 2 unspecified atom stereocenters. The van der Waals surface area contributed by atoms with Crippen molar-refractivity contribution in [2.75, 3.05) is 0 Å². The molecule has 0 radical (unpaired) electrons. The molecule has 0 bridgehead atoms. The molecule has 2 amide bonds. The zero-order chi connectivity index (χ0) is 16.2. The second kappa shape index (κ2) is 6.24. The lowest BCUT2D eigenvalue weighted by Gasteiger charge is -2.23. The number of nitrogens with two attached hydrogens (primary N) is 1. The molecule has 0 aromatic carbocycles. The van der Waals surface area contributed by atoms with Crippen LogP contribution in [0.1, 0.15) is 12.7 Å². The van der Waals surface area contributed by atoms with Crippen LogP contribution in [-0.4, -0.2) is 28.3 Å². The van der Waals surface area contributed by atoms with E-state index < -0.39 is 18.1 Å². The first-order chi connectivity index (χ1) is 10.4. The number of carbonyl (C=O) groups excluding carboxylic acids is 1. The number of alkyl halides is 1. The van der Waals surface area contributed by atoms with E-state index in [-0.39, 0.29) is 16.6 Å². The number of furan rings is 1. The number of hydroxylamine groups is 2. The van der Waals surface area contributed by atoms with E-state index in [1.165, 1.54) is 37.6 Å². The molecule has 2 atom stereocenters. The number of rotatable bonds is 3. The third-order valence-electron chi connectivity index (χ3n) is 2.64. The van der Waals surface area contributed by atoms with Crippen LogP contribution in [0.5, 0.6) is 5.75 Å². The Balaban J connectivity index is 2.02. The number of primary amides is 1. The minimum absolute atomic E-state index is 0.127. The van der Waals surface area contributed by atoms with Gasteiger partial charge in [0.25, 0.3) is 0 Å². The van der Waals surface area contributed by atoms with E-state index in [4.69, 9.17) is 14.9 Å². The van der Waals surface area contributed by atoms with Gasteiger partial charge in [0, 0.05) is 18.3 Å². The minimum atomic E-state index is -2.16. The average molecular weight is 307 g/mol. The van der Waals surface area contributed by atoms with Gasteiger partial charge in [0.05, 0.1) is 0 Å². The van der Waals surface area contributed by atoms with Crippen molar-refractivity contribution in [1.82, 2.24) is 10.4 Å². The van der Waals surface area contributed by atoms with Gasteiger partial charge in [-0.15, -0.1) is 0 Å². The number of carbonyl (C=O) groups is 1. The summed E-state index contributed by atoms with van der Waals surface area (Å²) in [6.45, 7) is 1.47. The lowest BCUT2D eigenvalue weighted by molar-refractivity contribution is -0.0536. The SMILES string of the molecule is CC(C#Cc1cc(OC2(F)C=CC=CN2)co1)N(O)C(N)=O. The first-order valence-corrected chi connectivity index (χ1v) is 6.27. The van der Waals surface area contributed by atoms with E-state index in [2.05, 4.69) is 17.2 Å². The zero-order valence-electron chi connectivity index (χ0n) is 11.6. The normalized spacial score (nSPS) is 20.5. The van der Waals surface area contributed by atoms with Gasteiger partial charge in [-0.1, -0.05) is 12.0 Å². The second-order valence-corrected chi connectivity index (χ2v) is 4.38. The Morgan fingerprint density at radius 3 is 3.05 bits per heavy atom. The molecule has 0 saturated carbocycles. The van der Waals surface area contributed by atoms with Gasteiger partial charge in [-0.05, 0) is 18.9 Å². The summed E-state index contributed by atoms with van der Waals surface area (Å²) >= 11 is 0. The van der Waals surface area contributed by atoms with Crippen molar-refractivity contribution in [3.63, 3.8) is 0 Å². The van der Waals surface area contributed by atoms with Crippen molar-refractivity contribution in [2.24, 2.45) is 5.73 Å². The largest absolute Gasteiger partial charge is 0.452 e. The van der Waals surface area contributed by atoms with Crippen LogP contribution in [0.25, 0.3) is 0 Å². The topological polar surface area (TPSA) is 101 Å². The Kier molecular flexibility index (Phi) is 4.39. The number of hydrogen-bond donors (Lipinski definition) is 3. The number of amides is 2. The molecule has 0 aliphatic carbocycles. The van der Waals surface area contributed by atoms with Crippen LogP contribution in [0.15, 0.2) is 41.2 Å². The Morgan fingerprint density at radius 1 is 1.64 bits per heavy atom. The van der Waals surface area contributed by atoms with Gasteiger partial charge in [0.2, 0.25) is 0 Å². The molecule has 22 heavy (non-hydrogen) atoms. The summed E-state index contributed by atoms with van der Waals surface area (Å²) in [5, 5.41) is 11.9.